The van der Waals surface area contributed by atoms with Crippen molar-refractivity contribution in [3.05, 3.63) is 88.0 Å². The number of nitriles is 1. The van der Waals surface area contributed by atoms with Crippen LogP contribution in [0.2, 0.25) is 10.0 Å². The summed E-state index contributed by atoms with van der Waals surface area (Å²) in [4.78, 5) is 14.4. The van der Waals surface area contributed by atoms with Crippen LogP contribution >= 0.6 is 23.2 Å². The summed E-state index contributed by atoms with van der Waals surface area (Å²) in [5.41, 5.74) is 4.07. The van der Waals surface area contributed by atoms with Gasteiger partial charge in [0.2, 0.25) is 0 Å². The Morgan fingerprint density at radius 3 is 2.44 bits per heavy atom. The van der Waals surface area contributed by atoms with Crippen molar-refractivity contribution in [2.75, 3.05) is 13.1 Å². The molecule has 0 radical (unpaired) electrons. The molecule has 0 saturated heterocycles. The normalized spacial score (nSPS) is 10.8. The van der Waals surface area contributed by atoms with Gasteiger partial charge < -0.3 is 14.2 Å². The number of amides is 1. The zero-order valence-electron chi connectivity index (χ0n) is 18.9. The molecule has 0 spiro atoms. The molecule has 1 aromatic heterocycles. The monoisotopic (exact) mass is 491 g/mol. The maximum Gasteiger partial charge on any atom is 0.415 e. The summed E-state index contributed by atoms with van der Waals surface area (Å²) in [6.07, 6.45) is 1.58. The first-order valence-corrected chi connectivity index (χ1v) is 11.7. The topological polar surface area (TPSA) is 58.3 Å². The molecular weight excluding hydrogens is 469 g/mol. The molecular formula is C27H23Cl2N3O2. The number of hydrogen-bond acceptors (Lipinski definition) is 3. The molecule has 0 aliphatic rings. The first kappa shape index (κ1) is 23.7. The highest BCUT2D eigenvalue weighted by Crippen LogP contribution is 2.38. The van der Waals surface area contributed by atoms with Crippen molar-refractivity contribution in [1.29, 1.82) is 5.26 Å². The lowest BCUT2D eigenvalue weighted by molar-refractivity contribution is 0.157. The van der Waals surface area contributed by atoms with Crippen molar-refractivity contribution in [3.63, 3.8) is 0 Å². The van der Waals surface area contributed by atoms with Gasteiger partial charge in [-0.2, -0.15) is 5.26 Å². The first-order valence-electron chi connectivity index (χ1n) is 11.0. The predicted octanol–water partition coefficient (Wildman–Crippen LogP) is 7.38. The van der Waals surface area contributed by atoms with E-state index in [1.54, 1.807) is 29.2 Å². The molecule has 0 bridgehead atoms. The van der Waals surface area contributed by atoms with Crippen LogP contribution in [0.5, 0.6) is 5.75 Å². The molecule has 4 rings (SSSR count). The molecule has 0 fully saturated rings. The van der Waals surface area contributed by atoms with E-state index in [0.29, 0.717) is 41.0 Å². The second-order valence-corrected chi connectivity index (χ2v) is 8.62. The molecule has 34 heavy (non-hydrogen) atoms. The Labute approximate surface area is 208 Å². The van der Waals surface area contributed by atoms with Crippen LogP contribution in [0.25, 0.3) is 22.0 Å². The average Bonchev–Trinajstić information content (AvgIpc) is 3.25. The number of nitrogens with zero attached hydrogens (tertiary/aromatic N) is 3. The van der Waals surface area contributed by atoms with Gasteiger partial charge >= 0.3 is 6.09 Å². The van der Waals surface area contributed by atoms with Crippen molar-refractivity contribution >= 4 is 40.2 Å². The fourth-order valence-corrected chi connectivity index (χ4v) is 4.35. The van der Waals surface area contributed by atoms with Crippen LogP contribution in [0.1, 0.15) is 25.0 Å². The van der Waals surface area contributed by atoms with E-state index in [9.17, 15) is 10.1 Å². The number of benzene rings is 3. The summed E-state index contributed by atoms with van der Waals surface area (Å²) in [6.45, 7) is 5.47. The summed E-state index contributed by atoms with van der Waals surface area (Å²) in [5, 5.41) is 11.4. The van der Waals surface area contributed by atoms with Gasteiger partial charge in [-0.05, 0) is 73.5 Å². The minimum Gasteiger partial charge on any atom is -0.410 e. The summed E-state index contributed by atoms with van der Waals surface area (Å²) in [7, 11) is 0. The molecule has 0 saturated carbocycles. The second-order valence-electron chi connectivity index (χ2n) is 7.78. The minimum atomic E-state index is -0.399. The number of fused-ring (bicyclic) bond motifs is 1. The van der Waals surface area contributed by atoms with Crippen LogP contribution < -0.4 is 4.74 Å². The van der Waals surface area contributed by atoms with Crippen molar-refractivity contribution in [1.82, 2.24) is 9.47 Å². The fourth-order valence-electron chi connectivity index (χ4n) is 3.97. The van der Waals surface area contributed by atoms with Crippen LogP contribution in [0.4, 0.5) is 4.79 Å². The van der Waals surface area contributed by atoms with E-state index >= 15 is 0 Å². The molecule has 0 atom stereocenters. The van der Waals surface area contributed by atoms with E-state index in [0.717, 1.165) is 27.6 Å². The maximum absolute atomic E-state index is 12.7. The van der Waals surface area contributed by atoms with Gasteiger partial charge in [0, 0.05) is 52.3 Å². The van der Waals surface area contributed by atoms with Gasteiger partial charge in [-0.1, -0.05) is 35.3 Å². The number of halogens is 2. The molecule has 0 aliphatic carbocycles. The third-order valence-electron chi connectivity index (χ3n) is 5.78. The lowest BCUT2D eigenvalue weighted by Gasteiger charge is -2.20. The quantitative estimate of drug-likeness (QED) is 0.282. The molecule has 0 unspecified atom stereocenters. The van der Waals surface area contributed by atoms with Gasteiger partial charge in [0.05, 0.1) is 11.6 Å². The highest BCUT2D eigenvalue weighted by atomic mass is 35.5. The average molecular weight is 492 g/mol. The van der Waals surface area contributed by atoms with E-state index < -0.39 is 6.09 Å². The van der Waals surface area contributed by atoms with Crippen molar-refractivity contribution in [2.45, 2.75) is 20.4 Å². The first-order chi connectivity index (χ1) is 16.4. The number of carbonyl (C=O) groups is 1. The third-order valence-corrected chi connectivity index (χ3v) is 6.39. The summed E-state index contributed by atoms with van der Waals surface area (Å²) >= 11 is 12.6. The van der Waals surface area contributed by atoms with E-state index in [1.807, 2.05) is 56.4 Å². The van der Waals surface area contributed by atoms with Crippen LogP contribution in [-0.2, 0) is 6.54 Å². The molecule has 3 aromatic carbocycles. The van der Waals surface area contributed by atoms with Crippen LogP contribution in [0, 0.1) is 11.3 Å². The van der Waals surface area contributed by atoms with Gasteiger partial charge in [0.1, 0.15) is 5.75 Å². The largest absolute Gasteiger partial charge is 0.415 e. The Hall–Kier alpha value is -3.46. The number of hydrogen-bond donors (Lipinski definition) is 0. The van der Waals surface area contributed by atoms with E-state index in [1.165, 1.54) is 0 Å². The van der Waals surface area contributed by atoms with E-state index in [-0.39, 0.29) is 0 Å². The Morgan fingerprint density at radius 2 is 1.76 bits per heavy atom. The van der Waals surface area contributed by atoms with Crippen LogP contribution in [0.15, 0.2) is 66.9 Å². The highest BCUT2D eigenvalue weighted by Gasteiger charge is 2.19. The molecule has 7 heteroatoms. The third kappa shape index (κ3) is 4.75. The SMILES string of the molecule is CCN(CC)C(=O)Oc1ccc2c(ccn2Cc2cc(Cl)ccc2Cl)c1-c1ccc(C#N)cc1. The Balaban J connectivity index is 1.83. The molecule has 5 nitrogen and oxygen atoms in total. The fraction of sp³-hybridized carbons (Fsp3) is 0.185. The van der Waals surface area contributed by atoms with Gasteiger partial charge in [-0.25, -0.2) is 4.79 Å². The molecule has 1 amide bonds. The summed E-state index contributed by atoms with van der Waals surface area (Å²) in [6, 6.07) is 20.5. The van der Waals surface area contributed by atoms with Crippen molar-refractivity contribution in [2.24, 2.45) is 0 Å². The van der Waals surface area contributed by atoms with Crippen molar-refractivity contribution in [3.8, 4) is 22.9 Å². The lowest BCUT2D eigenvalue weighted by atomic mass is 9.99. The summed E-state index contributed by atoms with van der Waals surface area (Å²) in [5.74, 6) is 0.465. The summed E-state index contributed by atoms with van der Waals surface area (Å²) < 4.78 is 7.92. The Morgan fingerprint density at radius 1 is 1.03 bits per heavy atom. The molecule has 1 heterocycles. The van der Waals surface area contributed by atoms with E-state index in [2.05, 4.69) is 10.6 Å². The predicted molar refractivity (Wildman–Crippen MR) is 137 cm³/mol. The second kappa shape index (κ2) is 10.2. The Bertz CT molecular complexity index is 1380. The van der Waals surface area contributed by atoms with Crippen LogP contribution in [0.3, 0.4) is 0 Å². The maximum atomic E-state index is 12.7. The lowest BCUT2D eigenvalue weighted by Crippen LogP contribution is -2.33. The Kier molecular flexibility index (Phi) is 7.12. The van der Waals surface area contributed by atoms with Gasteiger partial charge in [0.15, 0.2) is 0 Å². The number of ether oxygens (including phenoxy) is 1. The molecule has 0 aliphatic heterocycles. The standard InChI is InChI=1S/C27H23Cl2N3O2/c1-3-31(4-2)27(33)34-25-12-11-24-22(26(25)19-7-5-18(16-30)6-8-19)13-14-32(24)17-20-15-21(28)9-10-23(20)29/h5-15H,3-4,17H2,1-2H3. The zero-order chi connectivity index (χ0) is 24.2. The number of aromatic nitrogens is 1. The van der Waals surface area contributed by atoms with Crippen LogP contribution in [-0.4, -0.2) is 28.6 Å². The number of rotatable bonds is 6. The molecule has 0 N–H and O–H groups in total. The highest BCUT2D eigenvalue weighted by molar-refractivity contribution is 6.33. The molecule has 4 aromatic rings. The molecule has 172 valence electrons. The minimum absolute atomic E-state index is 0.399. The smallest absolute Gasteiger partial charge is 0.410 e. The van der Waals surface area contributed by atoms with Gasteiger partial charge in [-0.15, -0.1) is 0 Å². The van der Waals surface area contributed by atoms with Crippen molar-refractivity contribution < 1.29 is 9.53 Å². The van der Waals surface area contributed by atoms with E-state index in [4.69, 9.17) is 27.9 Å². The zero-order valence-corrected chi connectivity index (χ0v) is 20.4. The number of carbonyl (C=O) groups excluding carboxylic acids is 1. The van der Waals surface area contributed by atoms with Gasteiger partial charge in [0.25, 0.3) is 0 Å². The van der Waals surface area contributed by atoms with Gasteiger partial charge in [-0.3, -0.25) is 0 Å².